The first-order valence-corrected chi connectivity index (χ1v) is 8.36. The lowest BCUT2D eigenvalue weighted by molar-refractivity contribution is -0.114. The first-order valence-electron chi connectivity index (χ1n) is 6.55. The van der Waals surface area contributed by atoms with Gasteiger partial charge in [0, 0.05) is 17.5 Å². The summed E-state index contributed by atoms with van der Waals surface area (Å²) < 4.78 is 1.23. The van der Waals surface area contributed by atoms with Gasteiger partial charge in [0.05, 0.1) is 16.0 Å². The van der Waals surface area contributed by atoms with Gasteiger partial charge in [0.1, 0.15) is 5.01 Å². The predicted octanol–water partition coefficient (Wildman–Crippen LogP) is 4.55. The number of thioether (sulfide) groups is 1. The Labute approximate surface area is 131 Å². The lowest BCUT2D eigenvalue weighted by Crippen LogP contribution is -2.05. The number of carbonyl (C=O) groups excluding carboxylic acids is 1. The van der Waals surface area contributed by atoms with Crippen LogP contribution in [0.5, 0.6) is 0 Å². The Hall–Kier alpha value is -1.85. The van der Waals surface area contributed by atoms with Gasteiger partial charge in [-0.15, -0.1) is 23.1 Å². The number of thiazole rings is 1. The van der Waals surface area contributed by atoms with E-state index in [2.05, 4.69) is 16.4 Å². The van der Waals surface area contributed by atoms with Gasteiger partial charge in [0.15, 0.2) is 0 Å². The standard InChI is InChI=1S/C16H14N2OS2/c1-11(19)17-12-6-8-13(9-7-12)20-10-16-18-14-4-2-3-5-15(14)21-16/h2-9H,10H2,1H3,(H,17,19). The second-order valence-corrected chi connectivity index (χ2v) is 6.73. The van der Waals surface area contributed by atoms with Crippen molar-refractivity contribution in [1.29, 1.82) is 0 Å². The van der Waals surface area contributed by atoms with Crippen molar-refractivity contribution in [1.82, 2.24) is 4.98 Å². The summed E-state index contributed by atoms with van der Waals surface area (Å²) in [5.41, 5.74) is 1.89. The average molecular weight is 314 g/mol. The Morgan fingerprint density at radius 3 is 2.67 bits per heavy atom. The largest absolute Gasteiger partial charge is 0.326 e. The number of carbonyl (C=O) groups is 1. The summed E-state index contributed by atoms with van der Waals surface area (Å²) in [6.45, 7) is 1.51. The number of rotatable bonds is 4. The molecule has 0 saturated carbocycles. The molecular weight excluding hydrogens is 300 g/mol. The van der Waals surface area contributed by atoms with Crippen LogP contribution in [0.2, 0.25) is 0 Å². The monoisotopic (exact) mass is 314 g/mol. The molecule has 3 rings (SSSR count). The van der Waals surface area contributed by atoms with E-state index in [-0.39, 0.29) is 5.91 Å². The van der Waals surface area contributed by atoms with E-state index in [9.17, 15) is 4.79 Å². The van der Waals surface area contributed by atoms with Crippen molar-refractivity contribution < 1.29 is 4.79 Å². The highest BCUT2D eigenvalue weighted by atomic mass is 32.2. The molecule has 0 fully saturated rings. The van der Waals surface area contributed by atoms with Gasteiger partial charge in [-0.25, -0.2) is 4.98 Å². The van der Waals surface area contributed by atoms with Crippen molar-refractivity contribution in [3.05, 3.63) is 53.5 Å². The molecule has 1 amide bonds. The number of nitrogens with one attached hydrogen (secondary N) is 1. The van der Waals surface area contributed by atoms with Gasteiger partial charge in [-0.1, -0.05) is 12.1 Å². The van der Waals surface area contributed by atoms with Gasteiger partial charge >= 0.3 is 0 Å². The lowest BCUT2D eigenvalue weighted by Gasteiger charge is -2.03. The number of hydrogen-bond acceptors (Lipinski definition) is 4. The molecule has 0 aliphatic heterocycles. The molecule has 21 heavy (non-hydrogen) atoms. The Balaban J connectivity index is 1.65. The summed E-state index contributed by atoms with van der Waals surface area (Å²) in [5.74, 6) is 0.809. The van der Waals surface area contributed by atoms with Gasteiger partial charge in [-0.3, -0.25) is 4.79 Å². The molecule has 0 unspecified atom stereocenters. The summed E-state index contributed by atoms with van der Waals surface area (Å²) in [6, 6.07) is 16.1. The Morgan fingerprint density at radius 1 is 1.19 bits per heavy atom. The molecule has 0 spiro atoms. The maximum Gasteiger partial charge on any atom is 0.221 e. The molecule has 1 heterocycles. The molecular formula is C16H14N2OS2. The normalized spacial score (nSPS) is 10.7. The highest BCUT2D eigenvalue weighted by Gasteiger charge is 2.04. The average Bonchev–Trinajstić information content (AvgIpc) is 2.89. The van der Waals surface area contributed by atoms with Gasteiger partial charge < -0.3 is 5.32 Å². The molecule has 1 N–H and O–H groups in total. The van der Waals surface area contributed by atoms with E-state index in [4.69, 9.17) is 0 Å². The number of anilines is 1. The number of para-hydroxylation sites is 1. The minimum absolute atomic E-state index is 0.0510. The molecule has 0 saturated heterocycles. The molecule has 2 aromatic carbocycles. The molecule has 5 heteroatoms. The third kappa shape index (κ3) is 3.62. The number of nitrogens with zero attached hydrogens (tertiary/aromatic N) is 1. The van der Waals surface area contributed by atoms with E-state index in [1.807, 2.05) is 42.5 Å². The zero-order valence-electron chi connectivity index (χ0n) is 11.5. The summed E-state index contributed by atoms with van der Waals surface area (Å²) >= 11 is 3.49. The Morgan fingerprint density at radius 2 is 1.95 bits per heavy atom. The van der Waals surface area contributed by atoms with E-state index >= 15 is 0 Å². The van der Waals surface area contributed by atoms with Crippen LogP contribution in [-0.2, 0) is 10.5 Å². The first-order chi connectivity index (χ1) is 10.2. The smallest absolute Gasteiger partial charge is 0.221 e. The van der Waals surface area contributed by atoms with E-state index in [0.717, 1.165) is 22.0 Å². The van der Waals surface area contributed by atoms with Crippen LogP contribution < -0.4 is 5.32 Å². The third-order valence-electron chi connectivity index (χ3n) is 2.88. The van der Waals surface area contributed by atoms with Crippen LogP contribution in [0.3, 0.4) is 0 Å². The van der Waals surface area contributed by atoms with Crippen molar-refractivity contribution in [3.8, 4) is 0 Å². The SMILES string of the molecule is CC(=O)Nc1ccc(SCc2nc3ccccc3s2)cc1. The van der Waals surface area contributed by atoms with Gasteiger partial charge in [-0.2, -0.15) is 0 Å². The second kappa shape index (κ2) is 6.28. The molecule has 0 bridgehead atoms. The Bertz CT molecular complexity index is 732. The third-order valence-corrected chi connectivity index (χ3v) is 5.12. The minimum atomic E-state index is -0.0510. The molecule has 106 valence electrons. The van der Waals surface area contributed by atoms with Crippen LogP contribution in [-0.4, -0.2) is 10.9 Å². The molecule has 0 aliphatic rings. The number of amides is 1. The molecule has 0 aliphatic carbocycles. The van der Waals surface area contributed by atoms with E-state index in [0.29, 0.717) is 0 Å². The number of aromatic nitrogens is 1. The second-order valence-electron chi connectivity index (χ2n) is 4.57. The van der Waals surface area contributed by atoms with Crippen LogP contribution in [0.1, 0.15) is 11.9 Å². The zero-order chi connectivity index (χ0) is 14.7. The summed E-state index contributed by atoms with van der Waals surface area (Å²) in [6.07, 6.45) is 0. The zero-order valence-corrected chi connectivity index (χ0v) is 13.1. The summed E-state index contributed by atoms with van der Waals surface area (Å²) in [4.78, 5) is 16.8. The van der Waals surface area contributed by atoms with Gasteiger partial charge in [-0.05, 0) is 36.4 Å². The molecule has 0 radical (unpaired) electrons. The van der Waals surface area contributed by atoms with Crippen LogP contribution in [0.25, 0.3) is 10.2 Å². The predicted molar refractivity (Wildman–Crippen MR) is 89.9 cm³/mol. The highest BCUT2D eigenvalue weighted by molar-refractivity contribution is 7.98. The lowest BCUT2D eigenvalue weighted by atomic mass is 10.3. The minimum Gasteiger partial charge on any atom is -0.326 e. The number of fused-ring (bicyclic) bond motifs is 1. The fourth-order valence-corrected chi connectivity index (χ4v) is 3.82. The number of benzene rings is 2. The van der Waals surface area contributed by atoms with E-state index < -0.39 is 0 Å². The van der Waals surface area contributed by atoms with Crippen LogP contribution in [0.4, 0.5) is 5.69 Å². The molecule has 1 aromatic heterocycles. The molecule has 0 atom stereocenters. The summed E-state index contributed by atoms with van der Waals surface area (Å²) in [7, 11) is 0. The van der Waals surface area contributed by atoms with Crippen LogP contribution in [0.15, 0.2) is 53.4 Å². The first kappa shape index (κ1) is 14.1. The van der Waals surface area contributed by atoms with Crippen LogP contribution >= 0.6 is 23.1 Å². The highest BCUT2D eigenvalue weighted by Crippen LogP contribution is 2.28. The summed E-state index contributed by atoms with van der Waals surface area (Å²) in [5, 5.41) is 3.90. The number of hydrogen-bond donors (Lipinski definition) is 1. The van der Waals surface area contributed by atoms with Crippen molar-refractivity contribution in [2.45, 2.75) is 17.6 Å². The Kier molecular flexibility index (Phi) is 4.22. The topological polar surface area (TPSA) is 42.0 Å². The van der Waals surface area contributed by atoms with Crippen LogP contribution in [0, 0.1) is 0 Å². The maximum atomic E-state index is 11.0. The van der Waals surface area contributed by atoms with E-state index in [1.54, 1.807) is 23.1 Å². The quantitative estimate of drug-likeness (QED) is 0.718. The molecule has 3 aromatic rings. The van der Waals surface area contributed by atoms with Crippen molar-refractivity contribution in [2.24, 2.45) is 0 Å². The fraction of sp³-hybridized carbons (Fsp3) is 0.125. The molecule has 3 nitrogen and oxygen atoms in total. The van der Waals surface area contributed by atoms with Crippen molar-refractivity contribution in [2.75, 3.05) is 5.32 Å². The van der Waals surface area contributed by atoms with E-state index in [1.165, 1.54) is 16.5 Å². The van der Waals surface area contributed by atoms with Gasteiger partial charge in [0.2, 0.25) is 5.91 Å². The van der Waals surface area contributed by atoms with Gasteiger partial charge in [0.25, 0.3) is 0 Å². The van der Waals surface area contributed by atoms with Crippen molar-refractivity contribution in [3.63, 3.8) is 0 Å². The fourth-order valence-electron chi connectivity index (χ4n) is 1.96. The maximum absolute atomic E-state index is 11.0. The van der Waals surface area contributed by atoms with Crippen molar-refractivity contribution >= 4 is 44.9 Å².